The minimum atomic E-state index is 0.823. The third-order valence-corrected chi connectivity index (χ3v) is 4.30. The van der Waals surface area contributed by atoms with Crippen LogP contribution in [0, 0.1) is 0 Å². The van der Waals surface area contributed by atoms with Crippen LogP contribution in [0.5, 0.6) is 0 Å². The molecular weight excluding hydrogens is 308 g/mol. The topological polar surface area (TPSA) is 25.8 Å². The van der Waals surface area contributed by atoms with Crippen LogP contribution in [0.4, 0.5) is 0 Å². The van der Waals surface area contributed by atoms with Crippen LogP contribution in [0.25, 0.3) is 21.6 Å². The van der Waals surface area contributed by atoms with E-state index in [1.807, 2.05) is 11.6 Å². The number of aromatic nitrogens is 2. The van der Waals surface area contributed by atoms with Crippen molar-refractivity contribution in [2.24, 2.45) is 0 Å². The third kappa shape index (κ3) is 1.95. The monoisotopic (exact) mass is 318 g/mol. The Morgan fingerprint density at radius 2 is 2.11 bits per heavy atom. The Morgan fingerprint density at radius 3 is 2.94 bits per heavy atom. The van der Waals surface area contributed by atoms with Gasteiger partial charge in [-0.3, -0.25) is 0 Å². The molecule has 0 aliphatic rings. The summed E-state index contributed by atoms with van der Waals surface area (Å²) in [5.74, 6) is 0. The Bertz CT molecular complexity index is 706. The number of hydrogen-bond donors (Lipinski definition) is 0. The van der Waals surface area contributed by atoms with E-state index in [0.717, 1.165) is 26.9 Å². The summed E-state index contributed by atoms with van der Waals surface area (Å²) in [6.45, 7) is 2.16. The molecule has 2 heterocycles. The highest BCUT2D eigenvalue weighted by Gasteiger charge is 2.11. The number of fused-ring (bicyclic) bond motifs is 1. The van der Waals surface area contributed by atoms with Crippen molar-refractivity contribution in [3.63, 3.8) is 0 Å². The van der Waals surface area contributed by atoms with Crippen LogP contribution in [0.1, 0.15) is 12.5 Å². The van der Waals surface area contributed by atoms with Gasteiger partial charge in [0.25, 0.3) is 0 Å². The molecule has 90 valence electrons. The maximum Gasteiger partial charge on any atom is 0.170 e. The number of halogens is 1. The summed E-state index contributed by atoms with van der Waals surface area (Å²) < 4.78 is 2.14. The van der Waals surface area contributed by atoms with Gasteiger partial charge in [-0.25, -0.2) is 9.97 Å². The van der Waals surface area contributed by atoms with E-state index in [1.165, 1.54) is 11.1 Å². The van der Waals surface area contributed by atoms with Gasteiger partial charge in [0.1, 0.15) is 0 Å². The SMILES string of the molecule is CCc1ccccc1-c1nc2ncsc2cc1Br. The molecular formula is C14H11BrN2S. The van der Waals surface area contributed by atoms with Crippen molar-refractivity contribution in [3.8, 4) is 11.3 Å². The normalized spacial score (nSPS) is 11.0. The number of hydrogen-bond acceptors (Lipinski definition) is 3. The molecule has 0 aliphatic carbocycles. The summed E-state index contributed by atoms with van der Waals surface area (Å²) in [5, 5.41) is 0. The van der Waals surface area contributed by atoms with E-state index < -0.39 is 0 Å². The van der Waals surface area contributed by atoms with Gasteiger partial charge in [-0.15, -0.1) is 11.3 Å². The van der Waals surface area contributed by atoms with Crippen LogP contribution in [0.15, 0.2) is 40.3 Å². The molecule has 1 aromatic carbocycles. The number of aryl methyl sites for hydroxylation is 1. The van der Waals surface area contributed by atoms with E-state index in [2.05, 4.69) is 57.1 Å². The minimum absolute atomic E-state index is 0.823. The average molecular weight is 319 g/mol. The molecule has 0 bridgehead atoms. The molecule has 0 aliphatic heterocycles. The van der Waals surface area contributed by atoms with Gasteiger partial charge >= 0.3 is 0 Å². The van der Waals surface area contributed by atoms with E-state index in [9.17, 15) is 0 Å². The second-order valence-electron chi connectivity index (χ2n) is 4.00. The van der Waals surface area contributed by atoms with E-state index in [0.29, 0.717) is 0 Å². The van der Waals surface area contributed by atoms with Crippen molar-refractivity contribution in [2.45, 2.75) is 13.3 Å². The Labute approximate surface area is 118 Å². The van der Waals surface area contributed by atoms with Crippen LogP contribution in [0.2, 0.25) is 0 Å². The molecule has 2 aromatic heterocycles. The summed E-state index contributed by atoms with van der Waals surface area (Å²) in [6, 6.07) is 10.5. The highest BCUT2D eigenvalue weighted by Crippen LogP contribution is 2.32. The Morgan fingerprint density at radius 1 is 1.28 bits per heavy atom. The van der Waals surface area contributed by atoms with Gasteiger partial charge in [-0.1, -0.05) is 31.2 Å². The van der Waals surface area contributed by atoms with Crippen LogP contribution in [-0.4, -0.2) is 9.97 Å². The van der Waals surface area contributed by atoms with Gasteiger partial charge in [-0.05, 0) is 34.0 Å². The molecule has 0 radical (unpaired) electrons. The van der Waals surface area contributed by atoms with Crippen LogP contribution < -0.4 is 0 Å². The molecule has 3 aromatic rings. The largest absolute Gasteiger partial charge is 0.226 e. The molecule has 0 unspecified atom stereocenters. The van der Waals surface area contributed by atoms with Crippen molar-refractivity contribution in [1.29, 1.82) is 0 Å². The lowest BCUT2D eigenvalue weighted by atomic mass is 10.0. The fraction of sp³-hybridized carbons (Fsp3) is 0.143. The molecule has 4 heteroatoms. The standard InChI is InChI=1S/C14H11BrN2S/c1-2-9-5-3-4-6-10(9)13-11(15)7-12-14(17-13)16-8-18-12/h3-8H,2H2,1H3. The van der Waals surface area contributed by atoms with Crippen LogP contribution >= 0.6 is 27.3 Å². The number of benzene rings is 1. The van der Waals surface area contributed by atoms with Gasteiger partial charge in [0.05, 0.1) is 15.9 Å². The highest BCUT2D eigenvalue weighted by molar-refractivity contribution is 9.10. The zero-order valence-electron chi connectivity index (χ0n) is 9.85. The Hall–Kier alpha value is -1.26. The van der Waals surface area contributed by atoms with Crippen LogP contribution in [-0.2, 0) is 6.42 Å². The van der Waals surface area contributed by atoms with Crippen molar-refractivity contribution in [3.05, 3.63) is 45.9 Å². The zero-order valence-corrected chi connectivity index (χ0v) is 12.3. The predicted molar refractivity (Wildman–Crippen MR) is 79.9 cm³/mol. The first kappa shape index (κ1) is 11.8. The fourth-order valence-electron chi connectivity index (χ4n) is 2.02. The van der Waals surface area contributed by atoms with E-state index in [1.54, 1.807) is 11.3 Å². The molecule has 0 N–H and O–H groups in total. The summed E-state index contributed by atoms with van der Waals surface area (Å²) in [5.41, 5.74) is 6.12. The second-order valence-corrected chi connectivity index (χ2v) is 5.74. The van der Waals surface area contributed by atoms with Gasteiger partial charge in [0.15, 0.2) is 5.65 Å². The molecule has 0 atom stereocenters. The summed E-state index contributed by atoms with van der Waals surface area (Å²) >= 11 is 5.23. The maximum atomic E-state index is 4.67. The number of thiazole rings is 1. The van der Waals surface area contributed by atoms with Crippen LogP contribution in [0.3, 0.4) is 0 Å². The number of nitrogens with zero attached hydrogens (tertiary/aromatic N) is 2. The quantitative estimate of drug-likeness (QED) is 0.685. The average Bonchev–Trinajstić information content (AvgIpc) is 2.84. The number of pyridine rings is 1. The van der Waals surface area contributed by atoms with Gasteiger partial charge < -0.3 is 0 Å². The smallest absolute Gasteiger partial charge is 0.170 e. The minimum Gasteiger partial charge on any atom is -0.226 e. The third-order valence-electron chi connectivity index (χ3n) is 2.93. The van der Waals surface area contributed by atoms with Crippen molar-refractivity contribution >= 4 is 37.6 Å². The Kier molecular flexibility index (Phi) is 3.14. The Balaban J connectivity index is 2.27. The van der Waals surface area contributed by atoms with Crippen molar-refractivity contribution in [1.82, 2.24) is 9.97 Å². The maximum absolute atomic E-state index is 4.67. The van der Waals surface area contributed by atoms with Crippen molar-refractivity contribution in [2.75, 3.05) is 0 Å². The molecule has 0 saturated carbocycles. The first-order chi connectivity index (χ1) is 8.79. The summed E-state index contributed by atoms with van der Waals surface area (Å²) in [7, 11) is 0. The van der Waals surface area contributed by atoms with Gasteiger partial charge in [0.2, 0.25) is 0 Å². The highest BCUT2D eigenvalue weighted by atomic mass is 79.9. The molecule has 0 fully saturated rings. The number of rotatable bonds is 2. The first-order valence-electron chi connectivity index (χ1n) is 5.77. The van der Waals surface area contributed by atoms with E-state index >= 15 is 0 Å². The lowest BCUT2D eigenvalue weighted by Gasteiger charge is -2.08. The van der Waals surface area contributed by atoms with Gasteiger partial charge in [0, 0.05) is 10.0 Å². The molecule has 0 amide bonds. The summed E-state index contributed by atoms with van der Waals surface area (Å²) in [6.07, 6.45) is 0.999. The zero-order chi connectivity index (χ0) is 12.5. The van der Waals surface area contributed by atoms with Gasteiger partial charge in [-0.2, -0.15) is 0 Å². The first-order valence-corrected chi connectivity index (χ1v) is 7.45. The van der Waals surface area contributed by atoms with E-state index in [-0.39, 0.29) is 0 Å². The molecule has 0 saturated heterocycles. The van der Waals surface area contributed by atoms with Crippen molar-refractivity contribution < 1.29 is 0 Å². The second kappa shape index (κ2) is 4.78. The molecule has 3 rings (SSSR count). The lowest BCUT2D eigenvalue weighted by molar-refractivity contribution is 1.13. The lowest BCUT2D eigenvalue weighted by Crippen LogP contribution is -1.91. The summed E-state index contributed by atoms with van der Waals surface area (Å²) in [4.78, 5) is 8.95. The molecule has 2 nitrogen and oxygen atoms in total. The fourth-order valence-corrected chi connectivity index (χ4v) is 3.36. The molecule has 0 spiro atoms. The predicted octanol–water partition coefficient (Wildman–Crippen LogP) is 4.68. The molecule has 18 heavy (non-hydrogen) atoms. The van der Waals surface area contributed by atoms with E-state index in [4.69, 9.17) is 0 Å².